The molecule has 1 aliphatic heterocycles. The van der Waals surface area contributed by atoms with Crippen molar-refractivity contribution in [1.82, 2.24) is 5.32 Å². The number of alkyl halides is 3. The quantitative estimate of drug-likeness (QED) is 0.462. The van der Waals surface area contributed by atoms with Crippen LogP contribution in [-0.4, -0.2) is 11.1 Å². The highest BCUT2D eigenvalue weighted by molar-refractivity contribution is 6.68. The molecule has 2 atom stereocenters. The van der Waals surface area contributed by atoms with Gasteiger partial charge in [0.15, 0.2) is 0 Å². The lowest BCUT2D eigenvalue weighted by Gasteiger charge is -2.19. The van der Waals surface area contributed by atoms with Crippen LogP contribution in [-0.2, 0) is 6.18 Å². The van der Waals surface area contributed by atoms with Crippen molar-refractivity contribution in [3.8, 4) is 0 Å². The van der Waals surface area contributed by atoms with Gasteiger partial charge in [0.2, 0.25) is 0 Å². The number of allylic oxidation sites excluding steroid dienone is 3. The van der Waals surface area contributed by atoms with E-state index in [1.165, 1.54) is 0 Å². The number of carbonyl (C=O) groups excluding carboxylic acids is 1. The maximum absolute atomic E-state index is 13.6. The minimum atomic E-state index is -4.76. The molecule has 174 valence electrons. The van der Waals surface area contributed by atoms with E-state index < -0.39 is 29.0 Å². The average Bonchev–Trinajstić information content (AvgIpc) is 2.71. The molecule has 0 aliphatic carbocycles. The summed E-state index contributed by atoms with van der Waals surface area (Å²) < 4.78 is 52.5. The lowest BCUT2D eigenvalue weighted by Crippen LogP contribution is -2.19. The number of anilines is 1. The molecule has 2 unspecified atom stereocenters. The second kappa shape index (κ2) is 10.2. The van der Waals surface area contributed by atoms with E-state index in [0.29, 0.717) is 28.8 Å². The summed E-state index contributed by atoms with van der Waals surface area (Å²) in [6.45, 7) is 3.95. The van der Waals surface area contributed by atoms with Gasteiger partial charge < -0.3 is 10.6 Å². The molecule has 1 heterocycles. The van der Waals surface area contributed by atoms with E-state index in [1.807, 2.05) is 25.1 Å². The molecule has 0 saturated heterocycles. The summed E-state index contributed by atoms with van der Waals surface area (Å²) in [4.78, 5) is 16.8. The summed E-state index contributed by atoms with van der Waals surface area (Å²) in [5.41, 5.74) is -0.506. The Morgan fingerprint density at radius 1 is 1.21 bits per heavy atom. The monoisotopic (exact) mass is 479 g/mol. The Hall–Kier alpha value is -3.13. The standard InChI is InChI=1S/C24H22ClF4N3O/c1-14-5-3-8-21(25)32-22(9-14)30-15(2)16-6-4-7-20(12-16)31-23(33)17-10-18(24(27,28)29)13-19(26)11-17/h3-4,6-15,30H,5H2,1-2H3,(H,31,33). The summed E-state index contributed by atoms with van der Waals surface area (Å²) >= 11 is 6.09. The number of halogens is 5. The number of carbonyl (C=O) groups is 1. The average molecular weight is 480 g/mol. The summed E-state index contributed by atoms with van der Waals surface area (Å²) in [6, 6.07) is 8.30. The summed E-state index contributed by atoms with van der Waals surface area (Å²) in [5.74, 6) is -1.13. The zero-order valence-electron chi connectivity index (χ0n) is 17.9. The Kier molecular flexibility index (Phi) is 7.58. The topological polar surface area (TPSA) is 53.5 Å². The van der Waals surface area contributed by atoms with Gasteiger partial charge in [-0.1, -0.05) is 36.7 Å². The number of aliphatic imine (C=N–C) groups is 1. The van der Waals surface area contributed by atoms with E-state index in [0.717, 1.165) is 18.1 Å². The molecule has 0 saturated carbocycles. The van der Waals surface area contributed by atoms with Crippen molar-refractivity contribution in [2.24, 2.45) is 10.9 Å². The van der Waals surface area contributed by atoms with Gasteiger partial charge in [0, 0.05) is 11.3 Å². The van der Waals surface area contributed by atoms with Crippen LogP contribution in [0.4, 0.5) is 23.2 Å². The molecule has 2 aromatic rings. The highest BCUT2D eigenvalue weighted by atomic mass is 35.5. The van der Waals surface area contributed by atoms with Gasteiger partial charge in [-0.2, -0.15) is 13.2 Å². The highest BCUT2D eigenvalue weighted by Gasteiger charge is 2.32. The van der Waals surface area contributed by atoms with Crippen molar-refractivity contribution in [3.63, 3.8) is 0 Å². The highest BCUT2D eigenvalue weighted by Crippen LogP contribution is 2.30. The first-order valence-corrected chi connectivity index (χ1v) is 10.6. The number of amides is 1. The van der Waals surface area contributed by atoms with Crippen molar-refractivity contribution < 1.29 is 22.4 Å². The fourth-order valence-electron chi connectivity index (χ4n) is 3.27. The Labute approximate surface area is 194 Å². The minimum absolute atomic E-state index is 0.220. The SMILES string of the molecule is CC1C=C(NC(C)c2cccc(NC(=O)c3cc(F)cc(C(F)(F)F)c3)c2)N=C(Cl)C=CC1. The van der Waals surface area contributed by atoms with Gasteiger partial charge in [-0.25, -0.2) is 9.38 Å². The Bertz CT molecular complexity index is 1120. The normalized spacial score (nSPS) is 17.4. The van der Waals surface area contributed by atoms with Crippen LogP contribution in [0.25, 0.3) is 0 Å². The predicted molar refractivity (Wildman–Crippen MR) is 122 cm³/mol. The molecule has 9 heteroatoms. The molecule has 33 heavy (non-hydrogen) atoms. The zero-order chi connectivity index (χ0) is 24.2. The van der Waals surface area contributed by atoms with Gasteiger partial charge in [-0.3, -0.25) is 4.79 Å². The van der Waals surface area contributed by atoms with Crippen molar-refractivity contribution in [2.75, 3.05) is 5.32 Å². The van der Waals surface area contributed by atoms with Crippen LogP contribution in [0.3, 0.4) is 0 Å². The minimum Gasteiger partial charge on any atom is -0.364 e. The predicted octanol–water partition coefficient (Wildman–Crippen LogP) is 6.82. The zero-order valence-corrected chi connectivity index (χ0v) is 18.6. The molecule has 4 nitrogen and oxygen atoms in total. The van der Waals surface area contributed by atoms with Crippen molar-refractivity contribution in [1.29, 1.82) is 0 Å². The summed E-state index contributed by atoms with van der Waals surface area (Å²) in [7, 11) is 0. The van der Waals surface area contributed by atoms with E-state index in [2.05, 4.69) is 22.5 Å². The molecule has 0 aromatic heterocycles. The van der Waals surface area contributed by atoms with Gasteiger partial charge in [0.25, 0.3) is 5.91 Å². The number of benzene rings is 2. The number of hydrogen-bond acceptors (Lipinski definition) is 3. The van der Waals surface area contributed by atoms with E-state index in [9.17, 15) is 22.4 Å². The third-order valence-corrected chi connectivity index (χ3v) is 5.14. The number of nitrogens with zero attached hydrogens (tertiary/aromatic N) is 1. The Morgan fingerprint density at radius 3 is 2.70 bits per heavy atom. The van der Waals surface area contributed by atoms with Crippen LogP contribution in [0.2, 0.25) is 0 Å². The largest absolute Gasteiger partial charge is 0.416 e. The van der Waals surface area contributed by atoms with Gasteiger partial charge >= 0.3 is 6.18 Å². The maximum Gasteiger partial charge on any atom is 0.416 e. The second-order valence-corrected chi connectivity index (χ2v) is 8.16. The first-order chi connectivity index (χ1) is 15.5. The lowest BCUT2D eigenvalue weighted by atomic mass is 10.1. The molecule has 0 bridgehead atoms. The number of hydrogen-bond donors (Lipinski definition) is 2. The molecular weight excluding hydrogens is 458 g/mol. The van der Waals surface area contributed by atoms with E-state index >= 15 is 0 Å². The van der Waals surface area contributed by atoms with Crippen LogP contribution in [0.15, 0.2) is 71.5 Å². The van der Waals surface area contributed by atoms with Crippen LogP contribution >= 0.6 is 11.6 Å². The molecule has 2 aromatic carbocycles. The number of rotatable bonds is 5. The lowest BCUT2D eigenvalue weighted by molar-refractivity contribution is -0.137. The van der Waals surface area contributed by atoms with Crippen LogP contribution in [0, 0.1) is 11.7 Å². The molecule has 0 radical (unpaired) electrons. The van der Waals surface area contributed by atoms with Crippen LogP contribution < -0.4 is 10.6 Å². The van der Waals surface area contributed by atoms with Crippen molar-refractivity contribution in [3.05, 3.63) is 89.0 Å². The fourth-order valence-corrected chi connectivity index (χ4v) is 3.45. The third kappa shape index (κ3) is 6.92. The molecule has 2 N–H and O–H groups in total. The molecule has 0 fully saturated rings. The Balaban J connectivity index is 1.76. The number of nitrogens with one attached hydrogen (secondary N) is 2. The van der Waals surface area contributed by atoms with Gasteiger partial charge in [-0.05, 0) is 67.3 Å². The van der Waals surface area contributed by atoms with Crippen LogP contribution in [0.5, 0.6) is 0 Å². The molecular formula is C24H22ClF4N3O. The van der Waals surface area contributed by atoms with Crippen molar-refractivity contribution >= 4 is 28.4 Å². The summed E-state index contributed by atoms with van der Waals surface area (Å²) in [5, 5.41) is 6.15. The van der Waals surface area contributed by atoms with Gasteiger partial charge in [0.1, 0.15) is 16.8 Å². The van der Waals surface area contributed by atoms with Crippen LogP contribution in [0.1, 0.15) is 47.8 Å². The van der Waals surface area contributed by atoms with Crippen molar-refractivity contribution in [2.45, 2.75) is 32.5 Å². The van der Waals surface area contributed by atoms with E-state index in [-0.39, 0.29) is 12.0 Å². The fraction of sp³-hybridized carbons (Fsp3) is 0.250. The first kappa shape index (κ1) is 24.5. The molecule has 1 amide bonds. The van der Waals surface area contributed by atoms with E-state index in [1.54, 1.807) is 24.3 Å². The summed E-state index contributed by atoms with van der Waals surface area (Å²) in [6.07, 6.45) is 1.72. The molecule has 3 rings (SSSR count). The smallest absolute Gasteiger partial charge is 0.364 e. The molecule has 1 aliphatic rings. The Morgan fingerprint density at radius 2 is 1.97 bits per heavy atom. The first-order valence-electron chi connectivity index (χ1n) is 10.2. The van der Waals surface area contributed by atoms with Gasteiger partial charge in [0.05, 0.1) is 11.6 Å². The molecule has 0 spiro atoms. The third-order valence-electron chi connectivity index (χ3n) is 4.93. The second-order valence-electron chi connectivity index (χ2n) is 7.77. The van der Waals surface area contributed by atoms with E-state index in [4.69, 9.17) is 11.6 Å². The maximum atomic E-state index is 13.6. The van der Waals surface area contributed by atoms with Gasteiger partial charge in [-0.15, -0.1) is 0 Å².